The summed E-state index contributed by atoms with van der Waals surface area (Å²) in [5.41, 5.74) is 0.0236. The van der Waals surface area contributed by atoms with E-state index in [-0.39, 0.29) is 5.69 Å². The van der Waals surface area contributed by atoms with Crippen LogP contribution >= 0.6 is 0 Å². The minimum Gasteiger partial charge on any atom is -0.492 e. The number of piperazine rings is 1. The van der Waals surface area contributed by atoms with Crippen molar-refractivity contribution >= 4 is 11.5 Å². The van der Waals surface area contributed by atoms with E-state index in [2.05, 4.69) is 14.8 Å². The van der Waals surface area contributed by atoms with Gasteiger partial charge in [0.15, 0.2) is 0 Å². The third kappa shape index (κ3) is 4.20. The van der Waals surface area contributed by atoms with Crippen molar-refractivity contribution < 1.29 is 9.66 Å². The van der Waals surface area contributed by atoms with Crippen LogP contribution in [-0.2, 0) is 0 Å². The first-order valence-electron chi connectivity index (χ1n) is 7.98. The maximum Gasteiger partial charge on any atom is 0.287 e. The highest BCUT2D eigenvalue weighted by atomic mass is 16.6. The molecule has 7 nitrogen and oxygen atoms in total. The van der Waals surface area contributed by atoms with E-state index < -0.39 is 4.92 Å². The Balaban J connectivity index is 1.43. The fourth-order valence-corrected chi connectivity index (χ4v) is 2.68. The van der Waals surface area contributed by atoms with Gasteiger partial charge >= 0.3 is 0 Å². The molecule has 1 fully saturated rings. The molecule has 0 saturated carbocycles. The minimum atomic E-state index is -0.429. The van der Waals surface area contributed by atoms with Gasteiger partial charge in [-0.05, 0) is 18.2 Å². The number of nitro groups is 1. The van der Waals surface area contributed by atoms with Gasteiger partial charge in [0.25, 0.3) is 5.69 Å². The van der Waals surface area contributed by atoms with Gasteiger partial charge in [0.1, 0.15) is 24.4 Å². The smallest absolute Gasteiger partial charge is 0.287 e. The second-order valence-corrected chi connectivity index (χ2v) is 5.62. The topological polar surface area (TPSA) is 71.7 Å². The molecule has 0 atom stereocenters. The molecule has 24 heavy (non-hydrogen) atoms. The summed E-state index contributed by atoms with van der Waals surface area (Å²) in [4.78, 5) is 18.9. The Kier molecular flexibility index (Phi) is 5.22. The zero-order chi connectivity index (χ0) is 16.8. The van der Waals surface area contributed by atoms with Crippen molar-refractivity contribution in [3.05, 3.63) is 58.8 Å². The maximum atomic E-state index is 10.7. The van der Waals surface area contributed by atoms with Gasteiger partial charge in [0.05, 0.1) is 4.92 Å². The Morgan fingerprint density at radius 2 is 1.83 bits per heavy atom. The molecule has 0 bridgehead atoms. The zero-order valence-electron chi connectivity index (χ0n) is 13.4. The normalized spacial score (nSPS) is 15.2. The maximum absolute atomic E-state index is 10.7. The lowest BCUT2D eigenvalue weighted by Crippen LogP contribution is -2.47. The van der Waals surface area contributed by atoms with Crippen molar-refractivity contribution in [3.8, 4) is 5.75 Å². The summed E-state index contributed by atoms with van der Waals surface area (Å²) in [6, 6.07) is 13.0. The van der Waals surface area contributed by atoms with Gasteiger partial charge in [-0.3, -0.25) is 15.0 Å². The van der Waals surface area contributed by atoms with E-state index in [4.69, 9.17) is 4.74 Å². The highest BCUT2D eigenvalue weighted by Gasteiger charge is 2.18. The van der Waals surface area contributed by atoms with Crippen LogP contribution in [0.15, 0.2) is 48.7 Å². The third-order valence-electron chi connectivity index (χ3n) is 4.06. The fourth-order valence-electron chi connectivity index (χ4n) is 2.68. The Morgan fingerprint density at radius 1 is 1.08 bits per heavy atom. The van der Waals surface area contributed by atoms with Crippen LogP contribution in [0.25, 0.3) is 0 Å². The molecule has 1 aliphatic heterocycles. The summed E-state index contributed by atoms with van der Waals surface area (Å²) < 4.78 is 5.72. The number of hydrogen-bond acceptors (Lipinski definition) is 6. The molecule has 0 N–H and O–H groups in total. The van der Waals surface area contributed by atoms with Gasteiger partial charge < -0.3 is 9.64 Å². The standard InChI is InChI=1S/C17H20N4O3/c22-21(23)15-6-7-17(18-14-15)20-10-8-19(9-11-20)12-13-24-16-4-2-1-3-5-16/h1-7,14H,8-13H2. The lowest BCUT2D eigenvalue weighted by Gasteiger charge is -2.35. The second-order valence-electron chi connectivity index (χ2n) is 5.62. The monoisotopic (exact) mass is 328 g/mol. The second kappa shape index (κ2) is 7.74. The van der Waals surface area contributed by atoms with Crippen molar-refractivity contribution in [2.24, 2.45) is 0 Å². The summed E-state index contributed by atoms with van der Waals surface area (Å²) >= 11 is 0. The van der Waals surface area contributed by atoms with Gasteiger partial charge in [-0.2, -0.15) is 0 Å². The van der Waals surface area contributed by atoms with Crippen LogP contribution < -0.4 is 9.64 Å². The fraction of sp³-hybridized carbons (Fsp3) is 0.353. The van der Waals surface area contributed by atoms with E-state index in [1.54, 1.807) is 6.07 Å². The van der Waals surface area contributed by atoms with Crippen LogP contribution in [-0.4, -0.2) is 54.1 Å². The van der Waals surface area contributed by atoms with E-state index in [9.17, 15) is 10.1 Å². The van der Waals surface area contributed by atoms with Crippen LogP contribution in [0, 0.1) is 10.1 Å². The number of para-hydroxylation sites is 1. The molecule has 2 heterocycles. The molecule has 1 saturated heterocycles. The summed E-state index contributed by atoms with van der Waals surface area (Å²) in [6.07, 6.45) is 1.31. The number of hydrogen-bond donors (Lipinski definition) is 0. The molecule has 126 valence electrons. The molecule has 0 amide bonds. The van der Waals surface area contributed by atoms with Gasteiger partial charge in [0.2, 0.25) is 0 Å². The summed E-state index contributed by atoms with van der Waals surface area (Å²) in [5, 5.41) is 10.7. The molecular formula is C17H20N4O3. The van der Waals surface area contributed by atoms with E-state index in [1.165, 1.54) is 12.3 Å². The number of rotatable bonds is 6. The molecule has 0 spiro atoms. The number of pyridine rings is 1. The summed E-state index contributed by atoms with van der Waals surface area (Å²) in [7, 11) is 0. The first-order chi connectivity index (χ1) is 11.7. The molecular weight excluding hydrogens is 308 g/mol. The largest absolute Gasteiger partial charge is 0.492 e. The average Bonchev–Trinajstić information content (AvgIpc) is 2.63. The predicted molar refractivity (Wildman–Crippen MR) is 91.5 cm³/mol. The number of anilines is 1. The quantitative estimate of drug-likeness (QED) is 0.598. The van der Waals surface area contributed by atoms with Crippen LogP contribution in [0.2, 0.25) is 0 Å². The highest BCUT2D eigenvalue weighted by Crippen LogP contribution is 2.17. The minimum absolute atomic E-state index is 0.0236. The van der Waals surface area contributed by atoms with Crippen molar-refractivity contribution in [2.75, 3.05) is 44.2 Å². The molecule has 0 aliphatic carbocycles. The molecule has 0 radical (unpaired) electrons. The van der Waals surface area contributed by atoms with Crippen molar-refractivity contribution in [2.45, 2.75) is 0 Å². The molecule has 2 aromatic rings. The van der Waals surface area contributed by atoms with Crippen LogP contribution in [0.1, 0.15) is 0 Å². The summed E-state index contributed by atoms with van der Waals surface area (Å²) in [6.45, 7) is 5.12. The van der Waals surface area contributed by atoms with E-state index in [1.807, 2.05) is 30.3 Å². The zero-order valence-corrected chi connectivity index (χ0v) is 13.4. The Labute approximate surface area is 140 Å². The molecule has 1 aromatic heterocycles. The predicted octanol–water partition coefficient (Wildman–Crippen LogP) is 2.19. The first kappa shape index (κ1) is 16.2. The third-order valence-corrected chi connectivity index (χ3v) is 4.06. The van der Waals surface area contributed by atoms with E-state index in [0.29, 0.717) is 6.61 Å². The number of benzene rings is 1. The SMILES string of the molecule is O=[N+]([O-])c1ccc(N2CCN(CCOc3ccccc3)CC2)nc1. The van der Waals surface area contributed by atoms with Gasteiger partial charge in [0, 0.05) is 38.8 Å². The van der Waals surface area contributed by atoms with Crippen molar-refractivity contribution in [3.63, 3.8) is 0 Å². The van der Waals surface area contributed by atoms with E-state index in [0.717, 1.165) is 44.3 Å². The molecule has 1 aliphatic rings. The molecule has 7 heteroatoms. The lowest BCUT2D eigenvalue weighted by molar-refractivity contribution is -0.385. The van der Waals surface area contributed by atoms with Gasteiger partial charge in [-0.1, -0.05) is 18.2 Å². The van der Waals surface area contributed by atoms with Gasteiger partial charge in [-0.15, -0.1) is 0 Å². The molecule has 0 unspecified atom stereocenters. The lowest BCUT2D eigenvalue weighted by atomic mass is 10.3. The van der Waals surface area contributed by atoms with Crippen LogP contribution in [0.4, 0.5) is 11.5 Å². The Bertz CT molecular complexity index is 655. The first-order valence-corrected chi connectivity index (χ1v) is 7.98. The molecule has 3 rings (SSSR count). The average molecular weight is 328 g/mol. The number of nitrogens with zero attached hydrogens (tertiary/aromatic N) is 4. The number of ether oxygens (including phenoxy) is 1. The summed E-state index contributed by atoms with van der Waals surface area (Å²) in [5.74, 6) is 1.69. The van der Waals surface area contributed by atoms with E-state index >= 15 is 0 Å². The Hall–Kier alpha value is -2.67. The Morgan fingerprint density at radius 3 is 2.46 bits per heavy atom. The van der Waals surface area contributed by atoms with Crippen molar-refractivity contribution in [1.82, 2.24) is 9.88 Å². The van der Waals surface area contributed by atoms with Gasteiger partial charge in [-0.25, -0.2) is 4.98 Å². The highest BCUT2D eigenvalue weighted by molar-refractivity contribution is 5.43. The molecule has 1 aromatic carbocycles. The number of aromatic nitrogens is 1. The van der Waals surface area contributed by atoms with Crippen LogP contribution in [0.3, 0.4) is 0 Å². The van der Waals surface area contributed by atoms with Crippen molar-refractivity contribution in [1.29, 1.82) is 0 Å². The van der Waals surface area contributed by atoms with Crippen LogP contribution in [0.5, 0.6) is 5.75 Å².